The third-order valence-corrected chi connectivity index (χ3v) is 5.83. The Kier molecular flexibility index (Phi) is 5.63. The summed E-state index contributed by atoms with van der Waals surface area (Å²) in [5, 5.41) is 0. The van der Waals surface area contributed by atoms with Gasteiger partial charge in [-0.2, -0.15) is 0 Å². The zero-order valence-electron chi connectivity index (χ0n) is 15.6. The van der Waals surface area contributed by atoms with E-state index in [1.807, 2.05) is 18.2 Å². The predicted octanol–water partition coefficient (Wildman–Crippen LogP) is 2.87. The summed E-state index contributed by atoms with van der Waals surface area (Å²) >= 11 is 0. The molecule has 3 heterocycles. The Morgan fingerprint density at radius 2 is 1.73 bits per heavy atom. The Morgan fingerprint density at radius 1 is 0.962 bits per heavy atom. The largest absolute Gasteiger partial charge is 0.486 e. The summed E-state index contributed by atoms with van der Waals surface area (Å²) in [6.45, 7) is 5.52. The molecule has 0 aromatic heterocycles. The standard InChI is InChI=1S/C21H30N2O3/c24-21(15-17-7-8-19-20(14-17)26-13-12-25-19)23-11-5-2-6-18(23)16-22-9-3-1-4-10-22/h7-8,14,18H,1-6,9-13,15-16H2/t18-/m1/s1. The van der Waals surface area contributed by atoms with Gasteiger partial charge in [0.25, 0.3) is 0 Å². The monoisotopic (exact) mass is 358 g/mol. The van der Waals surface area contributed by atoms with Gasteiger partial charge in [0.05, 0.1) is 6.42 Å². The number of carbonyl (C=O) groups excluding carboxylic acids is 1. The second-order valence-electron chi connectivity index (χ2n) is 7.75. The van der Waals surface area contributed by atoms with E-state index >= 15 is 0 Å². The van der Waals surface area contributed by atoms with E-state index in [1.54, 1.807) is 0 Å². The number of carbonyl (C=O) groups is 1. The number of hydrogen-bond acceptors (Lipinski definition) is 4. The molecule has 2 fully saturated rings. The Labute approximate surface area is 156 Å². The molecule has 5 nitrogen and oxygen atoms in total. The zero-order chi connectivity index (χ0) is 17.8. The fraction of sp³-hybridized carbons (Fsp3) is 0.667. The van der Waals surface area contributed by atoms with Gasteiger partial charge in [-0.25, -0.2) is 0 Å². The molecule has 3 aliphatic rings. The van der Waals surface area contributed by atoms with Gasteiger partial charge in [-0.1, -0.05) is 12.5 Å². The maximum Gasteiger partial charge on any atom is 0.227 e. The number of benzene rings is 1. The maximum absolute atomic E-state index is 13.0. The molecule has 0 aliphatic carbocycles. The molecule has 142 valence electrons. The molecule has 0 saturated carbocycles. The van der Waals surface area contributed by atoms with Crippen molar-refractivity contribution in [3.05, 3.63) is 23.8 Å². The van der Waals surface area contributed by atoms with E-state index in [0.29, 0.717) is 25.7 Å². The molecule has 2 saturated heterocycles. The topological polar surface area (TPSA) is 42.0 Å². The highest BCUT2D eigenvalue weighted by Gasteiger charge is 2.28. The highest BCUT2D eigenvalue weighted by atomic mass is 16.6. The highest BCUT2D eigenvalue weighted by Crippen LogP contribution is 2.31. The second kappa shape index (κ2) is 8.30. The minimum atomic E-state index is 0.253. The number of piperidine rings is 2. The molecule has 1 aromatic carbocycles. The van der Waals surface area contributed by atoms with Gasteiger partial charge in [-0.3, -0.25) is 4.79 Å². The first-order valence-electron chi connectivity index (χ1n) is 10.2. The molecule has 1 amide bonds. The van der Waals surface area contributed by atoms with Crippen molar-refractivity contribution in [3.8, 4) is 11.5 Å². The van der Waals surface area contributed by atoms with Gasteiger partial charge < -0.3 is 19.3 Å². The maximum atomic E-state index is 13.0. The molecule has 0 bridgehead atoms. The third-order valence-electron chi connectivity index (χ3n) is 5.83. The number of amides is 1. The van der Waals surface area contributed by atoms with Crippen LogP contribution in [0.2, 0.25) is 0 Å². The summed E-state index contributed by atoms with van der Waals surface area (Å²) in [7, 11) is 0. The Hall–Kier alpha value is -1.75. The van der Waals surface area contributed by atoms with Crippen molar-refractivity contribution in [1.29, 1.82) is 0 Å². The van der Waals surface area contributed by atoms with E-state index in [2.05, 4.69) is 9.80 Å². The fourth-order valence-electron chi connectivity index (χ4n) is 4.43. The first-order valence-corrected chi connectivity index (χ1v) is 10.2. The SMILES string of the molecule is O=C(Cc1ccc2c(c1)OCCO2)N1CCCC[C@@H]1CN1CCCCC1. The summed E-state index contributed by atoms with van der Waals surface area (Å²) in [4.78, 5) is 17.7. The van der Waals surface area contributed by atoms with E-state index in [0.717, 1.165) is 43.0 Å². The van der Waals surface area contributed by atoms with Crippen LogP contribution in [0, 0.1) is 0 Å². The molecule has 0 radical (unpaired) electrons. The van der Waals surface area contributed by atoms with Crippen LogP contribution < -0.4 is 9.47 Å². The molecular weight excluding hydrogens is 328 g/mol. The average Bonchev–Trinajstić information content (AvgIpc) is 2.69. The van der Waals surface area contributed by atoms with Crippen molar-refractivity contribution in [3.63, 3.8) is 0 Å². The van der Waals surface area contributed by atoms with Crippen LogP contribution in [0.1, 0.15) is 44.1 Å². The van der Waals surface area contributed by atoms with Gasteiger partial charge in [0.2, 0.25) is 5.91 Å². The lowest BCUT2D eigenvalue weighted by atomic mass is 9.99. The number of rotatable bonds is 4. The lowest BCUT2D eigenvalue weighted by Gasteiger charge is -2.40. The van der Waals surface area contributed by atoms with E-state index in [1.165, 1.54) is 38.8 Å². The molecular formula is C21H30N2O3. The van der Waals surface area contributed by atoms with Gasteiger partial charge in [-0.05, 0) is 62.9 Å². The van der Waals surface area contributed by atoms with Crippen LogP contribution in [0.5, 0.6) is 11.5 Å². The van der Waals surface area contributed by atoms with Gasteiger partial charge in [-0.15, -0.1) is 0 Å². The van der Waals surface area contributed by atoms with E-state index in [4.69, 9.17) is 9.47 Å². The van der Waals surface area contributed by atoms with Crippen molar-refractivity contribution in [2.24, 2.45) is 0 Å². The number of nitrogens with zero attached hydrogens (tertiary/aromatic N) is 2. The Morgan fingerprint density at radius 3 is 2.58 bits per heavy atom. The molecule has 0 spiro atoms. The smallest absolute Gasteiger partial charge is 0.227 e. The number of likely N-dealkylation sites (tertiary alicyclic amines) is 2. The zero-order valence-corrected chi connectivity index (χ0v) is 15.6. The summed E-state index contributed by atoms with van der Waals surface area (Å²) in [6, 6.07) is 6.27. The highest BCUT2D eigenvalue weighted by molar-refractivity contribution is 5.79. The van der Waals surface area contributed by atoms with Crippen molar-refractivity contribution in [2.45, 2.75) is 51.0 Å². The molecule has 1 atom stereocenters. The van der Waals surface area contributed by atoms with Crippen LogP contribution in [-0.4, -0.2) is 61.1 Å². The normalized spacial score (nSPS) is 23.7. The van der Waals surface area contributed by atoms with E-state index < -0.39 is 0 Å². The summed E-state index contributed by atoms with van der Waals surface area (Å²) in [6.07, 6.45) is 7.93. The number of ether oxygens (including phenoxy) is 2. The van der Waals surface area contributed by atoms with Crippen LogP contribution >= 0.6 is 0 Å². The lowest BCUT2D eigenvalue weighted by molar-refractivity contribution is -0.134. The quantitative estimate of drug-likeness (QED) is 0.830. The third kappa shape index (κ3) is 4.14. The first kappa shape index (κ1) is 17.7. The molecule has 1 aromatic rings. The van der Waals surface area contributed by atoms with Crippen LogP contribution in [0.25, 0.3) is 0 Å². The van der Waals surface area contributed by atoms with Gasteiger partial charge >= 0.3 is 0 Å². The molecule has 3 aliphatic heterocycles. The second-order valence-corrected chi connectivity index (χ2v) is 7.75. The Bertz CT molecular complexity index is 628. The van der Waals surface area contributed by atoms with Crippen molar-refractivity contribution < 1.29 is 14.3 Å². The van der Waals surface area contributed by atoms with Gasteiger partial charge in [0.15, 0.2) is 11.5 Å². The molecule has 5 heteroatoms. The fourth-order valence-corrected chi connectivity index (χ4v) is 4.43. The molecule has 0 N–H and O–H groups in total. The first-order chi connectivity index (χ1) is 12.8. The van der Waals surface area contributed by atoms with Crippen molar-refractivity contribution in [1.82, 2.24) is 9.80 Å². The Balaban J connectivity index is 1.40. The van der Waals surface area contributed by atoms with Crippen LogP contribution in [0.3, 0.4) is 0 Å². The number of fused-ring (bicyclic) bond motifs is 1. The minimum absolute atomic E-state index is 0.253. The number of hydrogen-bond donors (Lipinski definition) is 0. The molecule has 0 unspecified atom stereocenters. The van der Waals surface area contributed by atoms with Crippen LogP contribution in [0.15, 0.2) is 18.2 Å². The van der Waals surface area contributed by atoms with Crippen molar-refractivity contribution in [2.75, 3.05) is 39.4 Å². The molecule has 4 rings (SSSR count). The van der Waals surface area contributed by atoms with Crippen LogP contribution in [-0.2, 0) is 11.2 Å². The summed E-state index contributed by atoms with van der Waals surface area (Å²) < 4.78 is 11.2. The van der Waals surface area contributed by atoms with E-state index in [9.17, 15) is 4.79 Å². The average molecular weight is 358 g/mol. The van der Waals surface area contributed by atoms with Crippen LogP contribution in [0.4, 0.5) is 0 Å². The summed E-state index contributed by atoms with van der Waals surface area (Å²) in [5.74, 6) is 1.81. The predicted molar refractivity (Wildman–Crippen MR) is 101 cm³/mol. The van der Waals surface area contributed by atoms with Gasteiger partial charge in [0.1, 0.15) is 13.2 Å². The van der Waals surface area contributed by atoms with E-state index in [-0.39, 0.29) is 5.91 Å². The molecule has 26 heavy (non-hydrogen) atoms. The van der Waals surface area contributed by atoms with Gasteiger partial charge in [0, 0.05) is 19.1 Å². The lowest BCUT2D eigenvalue weighted by Crippen LogP contribution is -2.50. The minimum Gasteiger partial charge on any atom is -0.486 e. The van der Waals surface area contributed by atoms with Crippen molar-refractivity contribution >= 4 is 5.91 Å². The summed E-state index contributed by atoms with van der Waals surface area (Å²) in [5.41, 5.74) is 1.02.